The van der Waals surface area contributed by atoms with Gasteiger partial charge in [-0.25, -0.2) is 4.79 Å². The highest BCUT2D eigenvalue weighted by molar-refractivity contribution is 5.74. The van der Waals surface area contributed by atoms with Gasteiger partial charge in [0.15, 0.2) is 0 Å². The lowest BCUT2D eigenvalue weighted by atomic mass is 9.88. The number of hydrogen-bond donors (Lipinski definition) is 2. The number of likely N-dealkylation sites (tertiary alicyclic amines) is 1. The molecule has 1 saturated heterocycles. The molecule has 5 heteroatoms. The predicted octanol–water partition coefficient (Wildman–Crippen LogP) is 1.48. The summed E-state index contributed by atoms with van der Waals surface area (Å²) in [4.78, 5) is 14.2. The molecule has 0 aromatic heterocycles. The third kappa shape index (κ3) is 3.64. The highest BCUT2D eigenvalue weighted by Gasteiger charge is 2.38. The van der Waals surface area contributed by atoms with E-state index in [2.05, 4.69) is 29.4 Å². The molecule has 20 heavy (non-hydrogen) atoms. The maximum atomic E-state index is 11.7. The molecule has 0 radical (unpaired) electrons. The van der Waals surface area contributed by atoms with Crippen molar-refractivity contribution in [1.29, 1.82) is 0 Å². The van der Waals surface area contributed by atoms with Crippen LogP contribution in [0.15, 0.2) is 0 Å². The van der Waals surface area contributed by atoms with Gasteiger partial charge in [-0.15, -0.1) is 0 Å². The summed E-state index contributed by atoms with van der Waals surface area (Å²) in [6.45, 7) is 6.30. The molecule has 0 bridgehead atoms. The Morgan fingerprint density at radius 1 is 1.15 bits per heavy atom. The lowest BCUT2D eigenvalue weighted by Gasteiger charge is -2.41. The summed E-state index contributed by atoms with van der Waals surface area (Å²) in [6.07, 6.45) is 6.45. The van der Waals surface area contributed by atoms with E-state index in [4.69, 9.17) is 4.74 Å². The van der Waals surface area contributed by atoms with E-state index in [0.29, 0.717) is 30.3 Å². The first kappa shape index (κ1) is 14.1. The van der Waals surface area contributed by atoms with E-state index in [1.54, 1.807) is 0 Å². The monoisotopic (exact) mass is 281 g/mol. The maximum Gasteiger partial charge on any atom is 0.315 e. The van der Waals surface area contributed by atoms with Crippen LogP contribution in [0.4, 0.5) is 4.79 Å². The van der Waals surface area contributed by atoms with E-state index in [1.807, 2.05) is 0 Å². The SMILES string of the molecule is CC(C)OC1CC(N2CC[C@H](NC(=O)NC3CC3)C2)C1. The first-order chi connectivity index (χ1) is 9.60. The Morgan fingerprint density at radius 3 is 2.50 bits per heavy atom. The summed E-state index contributed by atoms with van der Waals surface area (Å²) < 4.78 is 5.81. The van der Waals surface area contributed by atoms with Crippen LogP contribution in [0.25, 0.3) is 0 Å². The third-order valence-corrected chi connectivity index (χ3v) is 4.52. The van der Waals surface area contributed by atoms with Crippen molar-refractivity contribution in [2.24, 2.45) is 0 Å². The van der Waals surface area contributed by atoms with E-state index in [1.165, 1.54) is 0 Å². The summed E-state index contributed by atoms with van der Waals surface area (Å²) in [5.74, 6) is 0. The van der Waals surface area contributed by atoms with Crippen molar-refractivity contribution in [3.63, 3.8) is 0 Å². The van der Waals surface area contributed by atoms with Crippen LogP contribution in [-0.4, -0.2) is 54.4 Å². The Kier molecular flexibility index (Phi) is 4.17. The number of urea groups is 1. The lowest BCUT2D eigenvalue weighted by Crippen LogP contribution is -2.49. The topological polar surface area (TPSA) is 53.6 Å². The third-order valence-electron chi connectivity index (χ3n) is 4.52. The molecule has 114 valence electrons. The Bertz CT molecular complexity index is 351. The van der Waals surface area contributed by atoms with Crippen LogP contribution >= 0.6 is 0 Å². The van der Waals surface area contributed by atoms with Gasteiger partial charge < -0.3 is 15.4 Å². The largest absolute Gasteiger partial charge is 0.375 e. The molecule has 3 fully saturated rings. The van der Waals surface area contributed by atoms with E-state index in [-0.39, 0.29) is 6.03 Å². The fraction of sp³-hybridized carbons (Fsp3) is 0.933. The summed E-state index contributed by atoms with van der Waals surface area (Å²) in [7, 11) is 0. The second-order valence-corrected chi connectivity index (χ2v) is 6.80. The molecule has 2 saturated carbocycles. The Labute approximate surface area is 121 Å². The van der Waals surface area contributed by atoms with Crippen LogP contribution in [0.3, 0.4) is 0 Å². The van der Waals surface area contributed by atoms with Crippen molar-refractivity contribution in [2.45, 2.75) is 76.3 Å². The fourth-order valence-electron chi connectivity index (χ4n) is 3.21. The molecule has 0 aromatic rings. The number of carbonyl (C=O) groups is 1. The van der Waals surface area contributed by atoms with E-state index in [9.17, 15) is 4.79 Å². The summed E-state index contributed by atoms with van der Waals surface area (Å²) in [5.41, 5.74) is 0. The van der Waals surface area contributed by atoms with Gasteiger partial charge >= 0.3 is 6.03 Å². The van der Waals surface area contributed by atoms with E-state index >= 15 is 0 Å². The van der Waals surface area contributed by atoms with Crippen LogP contribution in [0.5, 0.6) is 0 Å². The van der Waals surface area contributed by atoms with Crippen molar-refractivity contribution in [1.82, 2.24) is 15.5 Å². The summed E-state index contributed by atoms with van der Waals surface area (Å²) in [5, 5.41) is 6.10. The summed E-state index contributed by atoms with van der Waals surface area (Å²) in [6, 6.07) is 1.44. The first-order valence-electron chi connectivity index (χ1n) is 8.06. The molecule has 1 atom stereocenters. The van der Waals surface area contributed by atoms with Crippen molar-refractivity contribution < 1.29 is 9.53 Å². The van der Waals surface area contributed by atoms with Crippen LogP contribution < -0.4 is 10.6 Å². The van der Waals surface area contributed by atoms with Gasteiger partial charge in [0.2, 0.25) is 0 Å². The van der Waals surface area contributed by atoms with E-state index in [0.717, 1.165) is 45.2 Å². The summed E-state index contributed by atoms with van der Waals surface area (Å²) >= 11 is 0. The number of nitrogens with zero attached hydrogens (tertiary/aromatic N) is 1. The van der Waals surface area contributed by atoms with E-state index < -0.39 is 0 Å². The zero-order chi connectivity index (χ0) is 14.1. The molecule has 1 aliphatic heterocycles. The second-order valence-electron chi connectivity index (χ2n) is 6.80. The van der Waals surface area contributed by atoms with Crippen molar-refractivity contribution in [3.8, 4) is 0 Å². The van der Waals surface area contributed by atoms with Crippen LogP contribution in [0.2, 0.25) is 0 Å². The molecular formula is C15H27N3O2. The van der Waals surface area contributed by atoms with Gasteiger partial charge in [0.1, 0.15) is 0 Å². The zero-order valence-corrected chi connectivity index (χ0v) is 12.6. The molecule has 0 spiro atoms. The molecule has 2 amide bonds. The maximum absolute atomic E-state index is 11.7. The number of nitrogens with one attached hydrogen (secondary N) is 2. The molecule has 3 rings (SSSR count). The Morgan fingerprint density at radius 2 is 1.85 bits per heavy atom. The zero-order valence-electron chi connectivity index (χ0n) is 12.6. The van der Waals surface area contributed by atoms with Gasteiger partial charge in [-0.2, -0.15) is 0 Å². The number of ether oxygens (including phenoxy) is 1. The molecule has 0 unspecified atom stereocenters. The van der Waals surface area contributed by atoms with Gasteiger partial charge in [-0.05, 0) is 46.0 Å². The van der Waals surface area contributed by atoms with Crippen molar-refractivity contribution in [3.05, 3.63) is 0 Å². The predicted molar refractivity (Wildman–Crippen MR) is 77.7 cm³/mol. The Balaban J connectivity index is 1.34. The number of hydrogen-bond acceptors (Lipinski definition) is 3. The number of rotatable bonds is 5. The Hall–Kier alpha value is -0.810. The highest BCUT2D eigenvalue weighted by Crippen LogP contribution is 2.31. The van der Waals surface area contributed by atoms with Gasteiger partial charge in [0.05, 0.1) is 12.2 Å². The van der Waals surface area contributed by atoms with Gasteiger partial charge in [0, 0.05) is 31.2 Å². The normalized spacial score (nSPS) is 34.0. The molecule has 1 heterocycles. The first-order valence-corrected chi connectivity index (χ1v) is 8.06. The van der Waals surface area contributed by atoms with Crippen LogP contribution in [0.1, 0.15) is 46.0 Å². The van der Waals surface area contributed by atoms with Crippen molar-refractivity contribution >= 4 is 6.03 Å². The molecule has 5 nitrogen and oxygen atoms in total. The molecule has 2 N–H and O–H groups in total. The van der Waals surface area contributed by atoms with Gasteiger partial charge in [-0.1, -0.05) is 0 Å². The minimum Gasteiger partial charge on any atom is -0.375 e. The highest BCUT2D eigenvalue weighted by atomic mass is 16.5. The van der Waals surface area contributed by atoms with Crippen LogP contribution in [-0.2, 0) is 4.74 Å². The average Bonchev–Trinajstić information content (AvgIpc) is 3.01. The second kappa shape index (κ2) is 5.90. The molecular weight excluding hydrogens is 254 g/mol. The number of amides is 2. The average molecular weight is 281 g/mol. The minimum absolute atomic E-state index is 0.0222. The fourth-order valence-corrected chi connectivity index (χ4v) is 3.21. The molecule has 2 aliphatic carbocycles. The van der Waals surface area contributed by atoms with Gasteiger partial charge in [0.25, 0.3) is 0 Å². The minimum atomic E-state index is 0.0222. The lowest BCUT2D eigenvalue weighted by molar-refractivity contribution is -0.0729. The van der Waals surface area contributed by atoms with Crippen molar-refractivity contribution in [2.75, 3.05) is 13.1 Å². The standard InChI is InChI=1S/C15H27N3O2/c1-10(2)20-14-7-13(8-14)18-6-5-12(9-18)17-15(19)16-11-3-4-11/h10-14H,3-9H2,1-2H3,(H2,16,17,19)/t12-,13?,14?/m0/s1. The van der Waals surface area contributed by atoms with Gasteiger partial charge in [-0.3, -0.25) is 4.90 Å². The van der Waals surface area contributed by atoms with Crippen LogP contribution in [0, 0.1) is 0 Å². The quantitative estimate of drug-likeness (QED) is 0.802. The number of carbonyl (C=O) groups excluding carboxylic acids is 1. The smallest absolute Gasteiger partial charge is 0.315 e. The molecule has 3 aliphatic rings. The molecule has 0 aromatic carbocycles.